The van der Waals surface area contributed by atoms with Gasteiger partial charge in [-0.15, -0.1) is 0 Å². The third-order valence-electron chi connectivity index (χ3n) is 6.57. The first-order valence-electron chi connectivity index (χ1n) is 12.6. The Morgan fingerprint density at radius 2 is 1.48 bits per heavy atom. The molecule has 0 N–H and O–H groups in total. The van der Waals surface area contributed by atoms with E-state index in [9.17, 15) is 43.2 Å². The molecular formula is C26H30F6O8S2. The summed E-state index contributed by atoms with van der Waals surface area (Å²) in [5.41, 5.74) is -2.85. The maximum atomic E-state index is 13.4. The Morgan fingerprint density at radius 3 is 1.98 bits per heavy atom. The Kier molecular flexibility index (Phi) is 10.7. The molecule has 0 spiro atoms. The van der Waals surface area contributed by atoms with Gasteiger partial charge in [0.25, 0.3) is 20.2 Å². The summed E-state index contributed by atoms with van der Waals surface area (Å²) < 4.78 is 150. The number of alkyl halides is 6. The maximum Gasteiger partial charge on any atom is 0.416 e. The van der Waals surface area contributed by atoms with Crippen LogP contribution in [0.1, 0.15) is 54.0 Å². The van der Waals surface area contributed by atoms with Crippen molar-refractivity contribution < 1.29 is 61.0 Å². The van der Waals surface area contributed by atoms with Gasteiger partial charge in [0, 0.05) is 18.3 Å². The first-order chi connectivity index (χ1) is 19.2. The van der Waals surface area contributed by atoms with Crippen LogP contribution in [-0.4, -0.2) is 55.0 Å². The van der Waals surface area contributed by atoms with Crippen LogP contribution < -0.4 is 0 Å². The lowest BCUT2D eigenvalue weighted by Crippen LogP contribution is -2.43. The quantitative estimate of drug-likeness (QED) is 0.227. The summed E-state index contributed by atoms with van der Waals surface area (Å²) in [5.74, 6) is -1.52. The number of hydrogen-bond donors (Lipinski definition) is 0. The standard InChI is InChI=1S/C26H30F6O8S2/c1-16(18-13-19(25(27,28)29)15-20(14-18)26(30,31)32)39-24-23(17-7-5-4-6-8-17)21(9-11-37-24)22(40-42(3,35)36)10-12-38-41(2,33)34/h4-8,13-16,21-24H,9-12H2,1-3H3/t16-,21+,22-,23+,24-/m1/s1. The molecule has 1 heterocycles. The monoisotopic (exact) mass is 648 g/mol. The zero-order valence-electron chi connectivity index (χ0n) is 22.7. The molecule has 0 saturated carbocycles. The molecule has 0 amide bonds. The largest absolute Gasteiger partial charge is 0.416 e. The van der Waals surface area contributed by atoms with Crippen LogP contribution in [0, 0.1) is 5.92 Å². The maximum absolute atomic E-state index is 13.4. The Hall–Kier alpha value is -2.24. The van der Waals surface area contributed by atoms with Crippen LogP contribution in [0.2, 0.25) is 0 Å². The van der Waals surface area contributed by atoms with Crippen LogP contribution in [-0.2, 0) is 50.4 Å². The minimum atomic E-state index is -5.06. The lowest BCUT2D eigenvalue weighted by atomic mass is 9.77. The first kappa shape index (κ1) is 34.3. The van der Waals surface area contributed by atoms with Gasteiger partial charge in [-0.3, -0.25) is 8.37 Å². The molecule has 5 atom stereocenters. The second-order valence-electron chi connectivity index (χ2n) is 9.90. The van der Waals surface area contributed by atoms with Crippen molar-refractivity contribution in [3.63, 3.8) is 0 Å². The molecule has 42 heavy (non-hydrogen) atoms. The number of benzene rings is 2. The van der Waals surface area contributed by atoms with Gasteiger partial charge in [-0.1, -0.05) is 30.3 Å². The van der Waals surface area contributed by atoms with E-state index in [2.05, 4.69) is 0 Å². The number of hydrogen-bond acceptors (Lipinski definition) is 8. The SMILES string of the molecule is C[C@@H](O[C@H]1OCC[C@@H]([C@@H](CCOS(C)(=O)=O)OS(C)(=O)=O)[C@@H]1c1ccccc1)c1cc(C(F)(F)F)cc(C(F)(F)F)c1. The average molecular weight is 649 g/mol. The van der Waals surface area contributed by atoms with E-state index in [0.717, 1.165) is 12.5 Å². The Morgan fingerprint density at radius 1 is 0.905 bits per heavy atom. The highest BCUT2D eigenvalue weighted by molar-refractivity contribution is 7.86. The van der Waals surface area contributed by atoms with Crippen molar-refractivity contribution >= 4 is 20.2 Å². The van der Waals surface area contributed by atoms with E-state index in [1.54, 1.807) is 30.3 Å². The lowest BCUT2D eigenvalue weighted by molar-refractivity contribution is -0.216. The van der Waals surface area contributed by atoms with Gasteiger partial charge < -0.3 is 9.47 Å². The summed E-state index contributed by atoms with van der Waals surface area (Å²) in [4.78, 5) is 0. The van der Waals surface area contributed by atoms with Gasteiger partial charge in [0.2, 0.25) is 0 Å². The Labute approximate surface area is 240 Å². The summed E-state index contributed by atoms with van der Waals surface area (Å²) >= 11 is 0. The van der Waals surface area contributed by atoms with E-state index in [-0.39, 0.29) is 25.5 Å². The summed E-state index contributed by atoms with van der Waals surface area (Å²) in [6.07, 6.45) is -12.2. The molecule has 2 aromatic rings. The molecule has 0 aliphatic carbocycles. The molecule has 0 unspecified atom stereocenters. The molecule has 1 saturated heterocycles. The van der Waals surface area contributed by atoms with Crippen molar-refractivity contribution in [2.24, 2.45) is 5.92 Å². The van der Waals surface area contributed by atoms with Gasteiger partial charge in [-0.05, 0) is 42.7 Å². The van der Waals surface area contributed by atoms with Gasteiger partial charge in [0.05, 0.1) is 49.1 Å². The van der Waals surface area contributed by atoms with Gasteiger partial charge in [0.15, 0.2) is 6.29 Å². The van der Waals surface area contributed by atoms with Crippen molar-refractivity contribution in [3.05, 3.63) is 70.8 Å². The van der Waals surface area contributed by atoms with Gasteiger partial charge in [-0.25, -0.2) is 0 Å². The van der Waals surface area contributed by atoms with Crippen molar-refractivity contribution in [2.75, 3.05) is 25.7 Å². The minimum Gasteiger partial charge on any atom is -0.352 e. The number of ether oxygens (including phenoxy) is 2. The van der Waals surface area contributed by atoms with Crippen molar-refractivity contribution in [1.82, 2.24) is 0 Å². The predicted molar refractivity (Wildman–Crippen MR) is 138 cm³/mol. The van der Waals surface area contributed by atoms with E-state index in [1.165, 1.54) is 6.92 Å². The van der Waals surface area contributed by atoms with E-state index in [1.807, 2.05) is 0 Å². The Bertz CT molecular complexity index is 1380. The second kappa shape index (κ2) is 13.2. The van der Waals surface area contributed by atoms with E-state index < -0.39 is 86.2 Å². The Balaban J connectivity index is 2.00. The van der Waals surface area contributed by atoms with Crippen LogP contribution >= 0.6 is 0 Å². The fourth-order valence-corrected chi connectivity index (χ4v) is 5.88. The molecular weight excluding hydrogens is 618 g/mol. The van der Waals surface area contributed by atoms with Crippen molar-refractivity contribution in [1.29, 1.82) is 0 Å². The molecule has 3 rings (SSSR count). The molecule has 1 fully saturated rings. The van der Waals surface area contributed by atoms with E-state index in [4.69, 9.17) is 17.8 Å². The van der Waals surface area contributed by atoms with E-state index in [0.29, 0.717) is 17.7 Å². The molecule has 1 aliphatic rings. The highest BCUT2D eigenvalue weighted by Crippen LogP contribution is 2.43. The predicted octanol–water partition coefficient (Wildman–Crippen LogP) is 5.66. The van der Waals surface area contributed by atoms with Crippen molar-refractivity contribution in [3.8, 4) is 0 Å². The zero-order valence-corrected chi connectivity index (χ0v) is 24.3. The van der Waals surface area contributed by atoms with E-state index >= 15 is 0 Å². The minimum absolute atomic E-state index is 0.0157. The molecule has 2 aromatic carbocycles. The van der Waals surface area contributed by atoms with Crippen LogP contribution in [0.15, 0.2) is 48.5 Å². The van der Waals surface area contributed by atoms with Gasteiger partial charge >= 0.3 is 12.4 Å². The summed E-state index contributed by atoms with van der Waals surface area (Å²) in [6.45, 7) is 0.831. The van der Waals surface area contributed by atoms with Crippen LogP contribution in [0.5, 0.6) is 0 Å². The first-order valence-corrected chi connectivity index (χ1v) is 16.2. The zero-order chi connectivity index (χ0) is 31.5. The average Bonchev–Trinajstić information content (AvgIpc) is 2.85. The number of halogens is 6. The molecule has 0 aromatic heterocycles. The smallest absolute Gasteiger partial charge is 0.352 e. The topological polar surface area (TPSA) is 105 Å². The fourth-order valence-electron chi connectivity index (χ4n) is 4.79. The fraction of sp³-hybridized carbons (Fsp3) is 0.538. The lowest BCUT2D eigenvalue weighted by Gasteiger charge is -2.42. The highest BCUT2D eigenvalue weighted by atomic mass is 32.2. The highest BCUT2D eigenvalue weighted by Gasteiger charge is 2.43. The van der Waals surface area contributed by atoms with Gasteiger partial charge in [-0.2, -0.15) is 43.2 Å². The number of rotatable bonds is 11. The van der Waals surface area contributed by atoms with Crippen LogP contribution in [0.3, 0.4) is 0 Å². The third kappa shape index (κ3) is 9.91. The normalized spacial score (nSPS) is 22.1. The van der Waals surface area contributed by atoms with Gasteiger partial charge in [0.1, 0.15) is 0 Å². The second-order valence-corrected chi connectivity index (χ2v) is 13.1. The summed E-state index contributed by atoms with van der Waals surface area (Å²) in [5, 5.41) is 0. The summed E-state index contributed by atoms with van der Waals surface area (Å²) in [6, 6.07) is 9.53. The van der Waals surface area contributed by atoms with Crippen LogP contribution in [0.4, 0.5) is 26.3 Å². The molecule has 0 bridgehead atoms. The molecule has 236 valence electrons. The third-order valence-corrected chi connectivity index (χ3v) is 7.76. The van der Waals surface area contributed by atoms with Crippen molar-refractivity contribution in [2.45, 2.75) is 56.5 Å². The molecule has 16 heteroatoms. The molecule has 1 aliphatic heterocycles. The molecule has 0 radical (unpaired) electrons. The van der Waals surface area contributed by atoms with Crippen LogP contribution in [0.25, 0.3) is 0 Å². The summed E-state index contributed by atoms with van der Waals surface area (Å²) in [7, 11) is -7.92. The molecule has 8 nitrogen and oxygen atoms in total.